The highest BCUT2D eigenvalue weighted by Gasteiger charge is 2.12. The number of rotatable bonds is 5. The number of nitrogens with zero attached hydrogens (tertiary/aromatic N) is 3. The molecule has 1 aromatic carbocycles. The van der Waals surface area contributed by atoms with Crippen LogP contribution in [0.2, 0.25) is 0 Å². The first-order valence-electron chi connectivity index (χ1n) is 7.01. The van der Waals surface area contributed by atoms with E-state index in [4.69, 9.17) is 10.00 Å². The molecule has 3 rings (SSSR count). The van der Waals surface area contributed by atoms with Crippen LogP contribution >= 0.6 is 11.3 Å². The molecule has 0 aliphatic carbocycles. The number of anilines is 1. The second-order valence-electron chi connectivity index (χ2n) is 4.90. The Bertz CT molecular complexity index is 910. The summed E-state index contributed by atoms with van der Waals surface area (Å²) < 4.78 is 6.77. The van der Waals surface area contributed by atoms with Crippen LogP contribution in [0.3, 0.4) is 0 Å². The van der Waals surface area contributed by atoms with Crippen molar-refractivity contribution in [1.82, 2.24) is 9.38 Å². The lowest BCUT2D eigenvalue weighted by Gasteiger charge is -2.06. The molecule has 0 saturated heterocycles. The smallest absolute Gasteiger partial charge is 0.312 e. The molecule has 3 aromatic rings. The van der Waals surface area contributed by atoms with Crippen molar-refractivity contribution < 1.29 is 14.3 Å². The van der Waals surface area contributed by atoms with Gasteiger partial charge in [-0.15, -0.1) is 11.3 Å². The normalized spacial score (nSPS) is 10.3. The predicted octanol–water partition coefficient (Wildman–Crippen LogP) is 1.99. The van der Waals surface area contributed by atoms with Gasteiger partial charge in [-0.2, -0.15) is 5.26 Å². The first-order chi connectivity index (χ1) is 11.6. The number of nitrogens with one attached hydrogen (secondary N) is 1. The number of carbonyl (C=O) groups excluding carboxylic acids is 2. The maximum Gasteiger partial charge on any atom is 0.312 e. The van der Waals surface area contributed by atoms with E-state index in [1.165, 1.54) is 17.4 Å². The van der Waals surface area contributed by atoms with E-state index >= 15 is 0 Å². The quantitative estimate of drug-likeness (QED) is 0.717. The molecule has 0 unspecified atom stereocenters. The molecule has 8 heteroatoms. The molecule has 24 heavy (non-hydrogen) atoms. The van der Waals surface area contributed by atoms with Gasteiger partial charge in [-0.3, -0.25) is 14.0 Å². The van der Waals surface area contributed by atoms with E-state index in [1.54, 1.807) is 24.4 Å². The number of aromatic nitrogens is 2. The van der Waals surface area contributed by atoms with Crippen LogP contribution in [0, 0.1) is 11.3 Å². The number of imidazole rings is 1. The molecule has 0 bridgehead atoms. The zero-order valence-corrected chi connectivity index (χ0v) is 13.2. The van der Waals surface area contributed by atoms with Crippen molar-refractivity contribution >= 4 is 33.9 Å². The van der Waals surface area contributed by atoms with Crippen molar-refractivity contribution in [2.75, 3.05) is 11.9 Å². The summed E-state index contributed by atoms with van der Waals surface area (Å²) in [6.45, 7) is -0.391. The summed E-state index contributed by atoms with van der Waals surface area (Å²) >= 11 is 1.47. The molecule has 1 amide bonds. The molecule has 0 spiro atoms. The van der Waals surface area contributed by atoms with Crippen LogP contribution in [-0.2, 0) is 20.7 Å². The molecular weight excluding hydrogens is 328 g/mol. The number of hydrogen-bond donors (Lipinski definition) is 1. The standard InChI is InChI=1S/C16H12N4O3S/c17-8-11-2-1-3-12(6-11)18-14(21)10-23-15(22)7-13-9-20-4-5-24-16(20)19-13/h1-6,9H,7,10H2,(H,18,21). The van der Waals surface area contributed by atoms with E-state index < -0.39 is 18.5 Å². The summed E-state index contributed by atoms with van der Waals surface area (Å²) in [4.78, 5) is 28.6. The number of ether oxygens (including phenoxy) is 1. The Balaban J connectivity index is 1.49. The van der Waals surface area contributed by atoms with Gasteiger partial charge in [-0.05, 0) is 18.2 Å². The lowest BCUT2D eigenvalue weighted by atomic mass is 10.2. The van der Waals surface area contributed by atoms with Crippen molar-refractivity contribution in [1.29, 1.82) is 5.26 Å². The third-order valence-electron chi connectivity index (χ3n) is 3.11. The topological polar surface area (TPSA) is 96.5 Å². The lowest BCUT2D eigenvalue weighted by molar-refractivity contribution is -0.146. The lowest BCUT2D eigenvalue weighted by Crippen LogP contribution is -2.21. The van der Waals surface area contributed by atoms with Crippen LogP contribution in [0.5, 0.6) is 0 Å². The van der Waals surface area contributed by atoms with E-state index in [2.05, 4.69) is 10.3 Å². The zero-order chi connectivity index (χ0) is 16.9. The minimum Gasteiger partial charge on any atom is -0.455 e. The molecule has 7 nitrogen and oxygen atoms in total. The van der Waals surface area contributed by atoms with Crippen LogP contribution in [0.25, 0.3) is 4.96 Å². The van der Waals surface area contributed by atoms with Crippen molar-refractivity contribution in [2.24, 2.45) is 0 Å². The summed E-state index contributed by atoms with van der Waals surface area (Å²) in [5.41, 5.74) is 1.50. The van der Waals surface area contributed by atoms with Crippen LogP contribution in [0.15, 0.2) is 42.0 Å². The summed E-state index contributed by atoms with van der Waals surface area (Å²) in [7, 11) is 0. The van der Waals surface area contributed by atoms with Crippen LogP contribution in [-0.4, -0.2) is 27.9 Å². The average Bonchev–Trinajstić information content (AvgIpc) is 3.14. The van der Waals surface area contributed by atoms with Crippen molar-refractivity contribution in [3.63, 3.8) is 0 Å². The summed E-state index contributed by atoms with van der Waals surface area (Å²) in [5.74, 6) is -0.994. The molecule has 120 valence electrons. The Morgan fingerprint density at radius 3 is 3.08 bits per heavy atom. The highest BCUT2D eigenvalue weighted by Crippen LogP contribution is 2.12. The molecule has 0 aliphatic heterocycles. The van der Waals surface area contributed by atoms with Crippen LogP contribution in [0.4, 0.5) is 5.69 Å². The van der Waals surface area contributed by atoms with Gasteiger partial charge >= 0.3 is 5.97 Å². The van der Waals surface area contributed by atoms with Crippen molar-refractivity contribution in [3.8, 4) is 6.07 Å². The number of amides is 1. The fourth-order valence-electron chi connectivity index (χ4n) is 2.07. The minimum absolute atomic E-state index is 0.00555. The minimum atomic E-state index is -0.526. The second-order valence-corrected chi connectivity index (χ2v) is 5.78. The first-order valence-corrected chi connectivity index (χ1v) is 7.89. The monoisotopic (exact) mass is 340 g/mol. The van der Waals surface area contributed by atoms with Crippen molar-refractivity contribution in [2.45, 2.75) is 6.42 Å². The van der Waals surface area contributed by atoms with E-state index in [0.717, 1.165) is 4.96 Å². The molecule has 0 aliphatic rings. The van der Waals surface area contributed by atoms with Crippen LogP contribution in [0.1, 0.15) is 11.3 Å². The van der Waals surface area contributed by atoms with Gasteiger partial charge in [0.2, 0.25) is 0 Å². The number of fused-ring (bicyclic) bond motifs is 1. The fraction of sp³-hybridized carbons (Fsp3) is 0.125. The average molecular weight is 340 g/mol. The summed E-state index contributed by atoms with van der Waals surface area (Å²) in [5, 5.41) is 13.3. The molecule has 1 N–H and O–H groups in total. The highest BCUT2D eigenvalue weighted by molar-refractivity contribution is 7.15. The van der Waals surface area contributed by atoms with Gasteiger partial charge in [0.1, 0.15) is 0 Å². The molecule has 0 atom stereocenters. The Morgan fingerprint density at radius 1 is 1.42 bits per heavy atom. The van der Waals surface area contributed by atoms with Gasteiger partial charge in [0.25, 0.3) is 5.91 Å². The van der Waals surface area contributed by atoms with Gasteiger partial charge in [-0.1, -0.05) is 6.07 Å². The fourth-order valence-corrected chi connectivity index (χ4v) is 2.79. The summed E-state index contributed by atoms with van der Waals surface area (Å²) in [6.07, 6.45) is 3.61. The highest BCUT2D eigenvalue weighted by atomic mass is 32.1. The molecule has 0 radical (unpaired) electrons. The van der Waals surface area contributed by atoms with Crippen LogP contribution < -0.4 is 5.32 Å². The number of hydrogen-bond acceptors (Lipinski definition) is 6. The molecule has 0 saturated carbocycles. The van der Waals surface area contributed by atoms with Gasteiger partial charge in [0.15, 0.2) is 11.6 Å². The SMILES string of the molecule is N#Cc1cccc(NC(=O)COC(=O)Cc2cn3ccsc3n2)c1. The third-order valence-corrected chi connectivity index (χ3v) is 3.88. The number of nitriles is 1. The predicted molar refractivity (Wildman–Crippen MR) is 87.5 cm³/mol. The number of benzene rings is 1. The Morgan fingerprint density at radius 2 is 2.29 bits per heavy atom. The maximum atomic E-state index is 11.8. The maximum absolute atomic E-state index is 11.8. The van der Waals surface area contributed by atoms with Gasteiger partial charge in [-0.25, -0.2) is 4.98 Å². The third kappa shape index (κ3) is 3.77. The van der Waals surface area contributed by atoms with Gasteiger partial charge in [0, 0.05) is 23.5 Å². The van der Waals surface area contributed by atoms with Gasteiger partial charge < -0.3 is 10.1 Å². The number of carbonyl (C=O) groups is 2. The molecular formula is C16H12N4O3S. The summed E-state index contributed by atoms with van der Waals surface area (Å²) in [6, 6.07) is 8.46. The Kier molecular flexibility index (Phi) is 4.54. The molecule has 2 aromatic heterocycles. The van der Waals surface area contributed by atoms with E-state index in [0.29, 0.717) is 16.9 Å². The largest absolute Gasteiger partial charge is 0.455 e. The number of thiazole rings is 1. The molecule has 2 heterocycles. The Hall–Kier alpha value is -3.18. The first kappa shape index (κ1) is 15.7. The Labute approximate surface area is 141 Å². The second kappa shape index (κ2) is 6.93. The zero-order valence-electron chi connectivity index (χ0n) is 12.4. The molecule has 0 fully saturated rings. The van der Waals surface area contributed by atoms with Gasteiger partial charge in [0.05, 0.1) is 23.7 Å². The van der Waals surface area contributed by atoms with E-state index in [1.807, 2.05) is 22.0 Å². The van der Waals surface area contributed by atoms with E-state index in [9.17, 15) is 9.59 Å². The van der Waals surface area contributed by atoms with Crippen molar-refractivity contribution in [3.05, 3.63) is 53.3 Å². The van der Waals surface area contributed by atoms with E-state index in [-0.39, 0.29) is 6.42 Å². The number of esters is 1.